The first-order valence-corrected chi connectivity index (χ1v) is 10.0. The number of benzene rings is 2. The predicted molar refractivity (Wildman–Crippen MR) is 115 cm³/mol. The molecule has 1 aliphatic heterocycles. The summed E-state index contributed by atoms with van der Waals surface area (Å²) in [5, 5.41) is 10.6. The molecule has 7 nitrogen and oxygen atoms in total. The number of nitrogens with zero attached hydrogens (tertiary/aromatic N) is 1. The highest BCUT2D eigenvalue weighted by Crippen LogP contribution is 2.42. The Kier molecular flexibility index (Phi) is 6.44. The standard InChI is InChI=1S/C24H25NO6/c1-5-31-24(29)15-9-11-17(12-10-15)25-20(16-7-6-8-18(13-16)30-4)19(21(26)14(2)3)22(27)23(25)28/h6-14,20,27H,5H2,1-4H3. The van der Waals surface area contributed by atoms with Crippen LogP contribution < -0.4 is 9.64 Å². The van der Waals surface area contributed by atoms with E-state index in [9.17, 15) is 19.5 Å². The van der Waals surface area contributed by atoms with Crippen molar-refractivity contribution in [3.05, 3.63) is 71.0 Å². The number of ketones is 1. The summed E-state index contributed by atoms with van der Waals surface area (Å²) >= 11 is 0. The average Bonchev–Trinajstić information content (AvgIpc) is 3.04. The Labute approximate surface area is 180 Å². The van der Waals surface area contributed by atoms with E-state index in [0.717, 1.165) is 0 Å². The number of esters is 1. The highest BCUT2D eigenvalue weighted by molar-refractivity contribution is 6.17. The van der Waals surface area contributed by atoms with Gasteiger partial charge in [0.2, 0.25) is 0 Å². The lowest BCUT2D eigenvalue weighted by molar-refractivity contribution is -0.119. The van der Waals surface area contributed by atoms with Crippen molar-refractivity contribution in [2.75, 3.05) is 18.6 Å². The molecular formula is C24H25NO6. The lowest BCUT2D eigenvalue weighted by Crippen LogP contribution is -2.31. The van der Waals surface area contributed by atoms with Gasteiger partial charge < -0.3 is 14.6 Å². The van der Waals surface area contributed by atoms with Crippen LogP contribution in [0.4, 0.5) is 5.69 Å². The first kappa shape index (κ1) is 22.1. The number of hydrogen-bond donors (Lipinski definition) is 1. The van der Waals surface area contributed by atoms with Crippen molar-refractivity contribution in [3.8, 4) is 5.75 Å². The maximum Gasteiger partial charge on any atom is 0.338 e. The molecule has 0 saturated carbocycles. The molecule has 1 N–H and O–H groups in total. The third-order valence-corrected chi connectivity index (χ3v) is 5.06. The van der Waals surface area contributed by atoms with Crippen LogP contribution in [0.25, 0.3) is 0 Å². The average molecular weight is 423 g/mol. The van der Waals surface area contributed by atoms with E-state index in [0.29, 0.717) is 22.6 Å². The number of anilines is 1. The number of ether oxygens (including phenoxy) is 2. The fraction of sp³-hybridized carbons (Fsp3) is 0.292. The number of aliphatic hydroxyl groups is 1. The molecule has 0 aromatic heterocycles. The summed E-state index contributed by atoms with van der Waals surface area (Å²) in [6.45, 7) is 5.40. The minimum Gasteiger partial charge on any atom is -0.503 e. The third-order valence-electron chi connectivity index (χ3n) is 5.06. The van der Waals surface area contributed by atoms with E-state index in [4.69, 9.17) is 9.47 Å². The van der Waals surface area contributed by atoms with Gasteiger partial charge in [-0.1, -0.05) is 26.0 Å². The lowest BCUT2D eigenvalue weighted by atomic mass is 9.91. The van der Waals surface area contributed by atoms with Crippen LogP contribution in [-0.4, -0.2) is 36.5 Å². The van der Waals surface area contributed by atoms with Crippen LogP contribution in [0, 0.1) is 5.92 Å². The highest BCUT2D eigenvalue weighted by Gasteiger charge is 2.44. The lowest BCUT2D eigenvalue weighted by Gasteiger charge is -2.27. The van der Waals surface area contributed by atoms with Crippen LogP contribution in [0.15, 0.2) is 59.9 Å². The van der Waals surface area contributed by atoms with Crippen molar-refractivity contribution in [2.24, 2.45) is 5.92 Å². The monoisotopic (exact) mass is 423 g/mol. The second-order valence-corrected chi connectivity index (χ2v) is 7.40. The van der Waals surface area contributed by atoms with Crippen molar-refractivity contribution < 1.29 is 29.0 Å². The maximum absolute atomic E-state index is 13.0. The van der Waals surface area contributed by atoms with Gasteiger partial charge in [0.25, 0.3) is 5.91 Å². The van der Waals surface area contributed by atoms with Gasteiger partial charge in [0.15, 0.2) is 11.5 Å². The minimum atomic E-state index is -0.828. The molecule has 0 spiro atoms. The van der Waals surface area contributed by atoms with Gasteiger partial charge in [0, 0.05) is 11.6 Å². The highest BCUT2D eigenvalue weighted by atomic mass is 16.5. The molecule has 3 rings (SSSR count). The molecule has 1 atom stereocenters. The van der Waals surface area contributed by atoms with Crippen LogP contribution in [0.2, 0.25) is 0 Å². The van der Waals surface area contributed by atoms with Gasteiger partial charge in [-0.2, -0.15) is 0 Å². The molecule has 1 unspecified atom stereocenters. The first-order valence-electron chi connectivity index (χ1n) is 10.0. The number of Topliss-reactive ketones (excluding diaryl/α,β-unsaturated/α-hetero) is 1. The number of amides is 1. The number of rotatable bonds is 7. The summed E-state index contributed by atoms with van der Waals surface area (Å²) < 4.78 is 10.3. The van der Waals surface area contributed by atoms with E-state index in [-0.39, 0.29) is 18.0 Å². The molecular weight excluding hydrogens is 398 g/mol. The van der Waals surface area contributed by atoms with Crippen LogP contribution in [0.3, 0.4) is 0 Å². The smallest absolute Gasteiger partial charge is 0.338 e. The van der Waals surface area contributed by atoms with Crippen LogP contribution in [0.1, 0.15) is 42.7 Å². The molecule has 1 aliphatic rings. The summed E-state index contributed by atoms with van der Waals surface area (Å²) in [6.07, 6.45) is 0. The minimum absolute atomic E-state index is 0.0442. The van der Waals surface area contributed by atoms with Crippen molar-refractivity contribution in [2.45, 2.75) is 26.8 Å². The second kappa shape index (κ2) is 9.04. The van der Waals surface area contributed by atoms with E-state index in [1.807, 2.05) is 0 Å². The quantitative estimate of drug-likeness (QED) is 0.677. The Hall–Kier alpha value is -3.61. The van der Waals surface area contributed by atoms with E-state index in [2.05, 4.69) is 0 Å². The Balaban J connectivity index is 2.10. The Morgan fingerprint density at radius 1 is 1.13 bits per heavy atom. The molecule has 0 saturated heterocycles. The molecule has 2 aromatic rings. The number of carbonyl (C=O) groups excluding carboxylic acids is 3. The molecule has 0 aliphatic carbocycles. The molecule has 0 bridgehead atoms. The second-order valence-electron chi connectivity index (χ2n) is 7.40. The van der Waals surface area contributed by atoms with E-state index in [1.54, 1.807) is 69.3 Å². The predicted octanol–water partition coefficient (Wildman–Crippen LogP) is 4.00. The number of methoxy groups -OCH3 is 1. The summed E-state index contributed by atoms with van der Waals surface area (Å²) in [6, 6.07) is 12.5. The Bertz CT molecular complexity index is 1040. The Morgan fingerprint density at radius 3 is 2.39 bits per heavy atom. The topological polar surface area (TPSA) is 93.1 Å². The Morgan fingerprint density at radius 2 is 1.81 bits per heavy atom. The number of aliphatic hydroxyl groups excluding tert-OH is 1. The molecule has 7 heteroatoms. The van der Waals surface area contributed by atoms with Crippen LogP contribution in [0.5, 0.6) is 5.75 Å². The summed E-state index contributed by atoms with van der Waals surface area (Å²) in [7, 11) is 1.53. The van der Waals surface area contributed by atoms with Crippen LogP contribution in [-0.2, 0) is 14.3 Å². The number of hydrogen-bond acceptors (Lipinski definition) is 6. The summed E-state index contributed by atoms with van der Waals surface area (Å²) in [5.41, 5.74) is 1.44. The zero-order chi connectivity index (χ0) is 22.7. The summed E-state index contributed by atoms with van der Waals surface area (Å²) in [4.78, 5) is 39.3. The van der Waals surface area contributed by atoms with E-state index in [1.165, 1.54) is 12.0 Å². The van der Waals surface area contributed by atoms with Crippen LogP contribution >= 0.6 is 0 Å². The largest absolute Gasteiger partial charge is 0.503 e. The van der Waals surface area contributed by atoms with Crippen molar-refractivity contribution in [3.63, 3.8) is 0 Å². The zero-order valence-electron chi connectivity index (χ0n) is 17.9. The van der Waals surface area contributed by atoms with Crippen molar-refractivity contribution >= 4 is 23.3 Å². The fourth-order valence-corrected chi connectivity index (χ4v) is 3.53. The van der Waals surface area contributed by atoms with Gasteiger partial charge >= 0.3 is 5.97 Å². The van der Waals surface area contributed by atoms with Crippen molar-refractivity contribution in [1.82, 2.24) is 0 Å². The fourth-order valence-electron chi connectivity index (χ4n) is 3.53. The molecule has 0 radical (unpaired) electrons. The molecule has 0 fully saturated rings. The first-order chi connectivity index (χ1) is 14.8. The number of carbonyl (C=O) groups is 3. The molecule has 1 amide bonds. The summed E-state index contributed by atoms with van der Waals surface area (Å²) in [5.74, 6) is -1.89. The van der Waals surface area contributed by atoms with Gasteiger partial charge in [-0.3, -0.25) is 14.5 Å². The normalized spacial score (nSPS) is 16.1. The SMILES string of the molecule is CCOC(=O)c1ccc(N2C(=O)C(O)=C(C(=O)C(C)C)C2c2cccc(OC)c2)cc1. The molecule has 162 valence electrons. The van der Waals surface area contributed by atoms with Gasteiger partial charge in [0.1, 0.15) is 5.75 Å². The van der Waals surface area contributed by atoms with E-state index >= 15 is 0 Å². The third kappa shape index (κ3) is 4.17. The molecule has 31 heavy (non-hydrogen) atoms. The van der Waals surface area contributed by atoms with Gasteiger partial charge in [-0.25, -0.2) is 4.79 Å². The zero-order valence-corrected chi connectivity index (χ0v) is 17.9. The van der Waals surface area contributed by atoms with Gasteiger partial charge in [-0.15, -0.1) is 0 Å². The maximum atomic E-state index is 13.0. The van der Waals surface area contributed by atoms with Gasteiger partial charge in [0.05, 0.1) is 30.9 Å². The van der Waals surface area contributed by atoms with Gasteiger partial charge in [-0.05, 0) is 48.9 Å². The van der Waals surface area contributed by atoms with E-state index < -0.39 is 29.6 Å². The molecule has 1 heterocycles. The van der Waals surface area contributed by atoms with Crippen molar-refractivity contribution in [1.29, 1.82) is 0 Å². The molecule has 2 aromatic carbocycles.